The van der Waals surface area contributed by atoms with E-state index in [9.17, 15) is 4.79 Å². The second-order valence-electron chi connectivity index (χ2n) is 6.90. The van der Waals surface area contributed by atoms with Crippen molar-refractivity contribution in [1.82, 2.24) is 20.2 Å². The number of benzene rings is 3. The van der Waals surface area contributed by atoms with Gasteiger partial charge in [-0.2, -0.15) is 4.68 Å². The van der Waals surface area contributed by atoms with Crippen molar-refractivity contribution in [3.8, 4) is 5.69 Å². The van der Waals surface area contributed by atoms with Gasteiger partial charge in [0, 0.05) is 17.0 Å². The second kappa shape index (κ2) is 8.92. The van der Waals surface area contributed by atoms with Crippen LogP contribution in [0.2, 0.25) is 0 Å². The molecular formula is C23H21N5OS. The number of carbonyl (C=O) groups is 1. The lowest BCUT2D eigenvalue weighted by Crippen LogP contribution is -2.11. The van der Waals surface area contributed by atoms with Crippen LogP contribution in [0.1, 0.15) is 27.0 Å². The number of hydrogen-bond acceptors (Lipinski definition) is 5. The van der Waals surface area contributed by atoms with Gasteiger partial charge in [-0.15, -0.1) is 5.10 Å². The van der Waals surface area contributed by atoms with Crippen molar-refractivity contribution in [3.63, 3.8) is 0 Å². The van der Waals surface area contributed by atoms with Gasteiger partial charge in [-0.25, -0.2) is 0 Å². The normalized spacial score (nSPS) is 10.7. The molecule has 150 valence electrons. The van der Waals surface area contributed by atoms with Crippen LogP contribution in [-0.4, -0.2) is 26.1 Å². The Labute approximate surface area is 179 Å². The molecule has 6 nitrogen and oxygen atoms in total. The molecule has 1 aromatic heterocycles. The van der Waals surface area contributed by atoms with Gasteiger partial charge in [-0.05, 0) is 71.3 Å². The zero-order valence-corrected chi connectivity index (χ0v) is 17.6. The highest BCUT2D eigenvalue weighted by molar-refractivity contribution is 7.98. The summed E-state index contributed by atoms with van der Waals surface area (Å²) in [7, 11) is 0. The van der Waals surface area contributed by atoms with Gasteiger partial charge < -0.3 is 5.32 Å². The van der Waals surface area contributed by atoms with E-state index in [1.54, 1.807) is 16.4 Å². The van der Waals surface area contributed by atoms with E-state index < -0.39 is 0 Å². The van der Waals surface area contributed by atoms with E-state index in [1.807, 2.05) is 66.7 Å². The predicted octanol–water partition coefficient (Wildman–Crippen LogP) is 4.82. The molecule has 0 spiro atoms. The van der Waals surface area contributed by atoms with Crippen molar-refractivity contribution >= 4 is 23.4 Å². The Morgan fingerprint density at radius 3 is 2.50 bits per heavy atom. The maximum Gasteiger partial charge on any atom is 0.255 e. The molecule has 0 fully saturated rings. The molecule has 0 saturated heterocycles. The first-order valence-electron chi connectivity index (χ1n) is 9.55. The molecule has 0 aliphatic rings. The fraction of sp³-hybridized carbons (Fsp3) is 0.130. The van der Waals surface area contributed by atoms with Crippen molar-refractivity contribution in [3.05, 3.63) is 95.1 Å². The maximum absolute atomic E-state index is 12.4. The lowest BCUT2D eigenvalue weighted by molar-refractivity contribution is 0.102. The Balaban J connectivity index is 1.42. The number of aryl methyl sites for hydroxylation is 1. The number of amides is 1. The molecule has 0 atom stereocenters. The molecule has 0 radical (unpaired) electrons. The number of thioether (sulfide) groups is 1. The predicted molar refractivity (Wildman–Crippen MR) is 119 cm³/mol. The molecule has 0 unspecified atom stereocenters. The number of nitrogens with one attached hydrogen (secondary N) is 1. The third-order valence-electron chi connectivity index (χ3n) is 4.86. The summed E-state index contributed by atoms with van der Waals surface area (Å²) < 4.78 is 1.77. The summed E-state index contributed by atoms with van der Waals surface area (Å²) in [5.74, 6) is 0.575. The lowest BCUT2D eigenvalue weighted by Gasteiger charge is -2.09. The number of rotatable bonds is 6. The van der Waals surface area contributed by atoms with Gasteiger partial charge in [0.2, 0.25) is 5.16 Å². The van der Waals surface area contributed by atoms with Crippen molar-refractivity contribution < 1.29 is 4.79 Å². The quantitative estimate of drug-likeness (QED) is 0.457. The number of nitrogens with zero attached hydrogens (tertiary/aromatic N) is 4. The molecule has 0 aliphatic carbocycles. The molecule has 30 heavy (non-hydrogen) atoms. The van der Waals surface area contributed by atoms with Crippen LogP contribution < -0.4 is 5.32 Å². The number of hydrogen-bond donors (Lipinski definition) is 1. The summed E-state index contributed by atoms with van der Waals surface area (Å²) in [6.07, 6.45) is 0. The Morgan fingerprint density at radius 2 is 1.73 bits per heavy atom. The first kappa shape index (κ1) is 19.8. The van der Waals surface area contributed by atoms with E-state index >= 15 is 0 Å². The van der Waals surface area contributed by atoms with E-state index in [0.717, 1.165) is 27.7 Å². The van der Waals surface area contributed by atoms with Crippen LogP contribution >= 0.6 is 11.8 Å². The fourth-order valence-corrected chi connectivity index (χ4v) is 3.85. The van der Waals surface area contributed by atoms with E-state index in [0.29, 0.717) is 11.3 Å². The van der Waals surface area contributed by atoms with Crippen LogP contribution in [0.25, 0.3) is 5.69 Å². The highest BCUT2D eigenvalue weighted by atomic mass is 32.2. The van der Waals surface area contributed by atoms with Gasteiger partial charge in [-0.1, -0.05) is 54.2 Å². The van der Waals surface area contributed by atoms with Crippen LogP contribution in [0.4, 0.5) is 5.69 Å². The average molecular weight is 416 g/mol. The van der Waals surface area contributed by atoms with Crippen LogP contribution in [0.15, 0.2) is 78.0 Å². The molecule has 7 heteroatoms. The topological polar surface area (TPSA) is 72.7 Å². The number of para-hydroxylation sites is 1. The molecular weight excluding hydrogens is 394 g/mol. The SMILES string of the molecule is Cc1cccc(-n2nnnc2SCc2ccc(C(=O)Nc3ccccc3)cc2)c1C. The second-order valence-corrected chi connectivity index (χ2v) is 7.84. The number of aromatic nitrogens is 4. The van der Waals surface area contributed by atoms with Gasteiger partial charge in [0.25, 0.3) is 5.91 Å². The minimum atomic E-state index is -0.126. The molecule has 4 aromatic rings. The zero-order chi connectivity index (χ0) is 20.9. The lowest BCUT2D eigenvalue weighted by atomic mass is 10.1. The van der Waals surface area contributed by atoms with Crippen molar-refractivity contribution in [2.45, 2.75) is 24.8 Å². The van der Waals surface area contributed by atoms with Crippen LogP contribution in [0.3, 0.4) is 0 Å². The molecule has 1 heterocycles. The summed E-state index contributed by atoms with van der Waals surface area (Å²) in [5.41, 5.74) is 5.82. The van der Waals surface area contributed by atoms with Crippen LogP contribution in [0, 0.1) is 13.8 Å². The minimum Gasteiger partial charge on any atom is -0.322 e. The maximum atomic E-state index is 12.4. The fourth-order valence-electron chi connectivity index (χ4n) is 3.01. The van der Waals surface area contributed by atoms with Crippen LogP contribution in [-0.2, 0) is 5.75 Å². The van der Waals surface area contributed by atoms with Crippen molar-refractivity contribution in [2.75, 3.05) is 5.32 Å². The Morgan fingerprint density at radius 1 is 0.967 bits per heavy atom. The van der Waals surface area contributed by atoms with E-state index in [-0.39, 0.29) is 5.91 Å². The number of carbonyl (C=O) groups excluding carboxylic acids is 1. The Bertz CT molecular complexity index is 1160. The highest BCUT2D eigenvalue weighted by Crippen LogP contribution is 2.25. The van der Waals surface area contributed by atoms with Gasteiger partial charge in [-0.3, -0.25) is 4.79 Å². The standard InChI is InChI=1S/C23H21N5OS/c1-16-7-6-10-21(17(16)2)28-23(25-26-27-28)30-15-18-11-13-19(14-12-18)22(29)24-20-8-4-3-5-9-20/h3-14H,15H2,1-2H3,(H,24,29). The first-order chi connectivity index (χ1) is 14.6. The third kappa shape index (κ3) is 4.41. The Hall–Kier alpha value is -3.45. The summed E-state index contributed by atoms with van der Waals surface area (Å²) in [6, 6.07) is 23.1. The smallest absolute Gasteiger partial charge is 0.255 e. The third-order valence-corrected chi connectivity index (χ3v) is 5.85. The summed E-state index contributed by atoms with van der Waals surface area (Å²) in [6.45, 7) is 4.14. The number of anilines is 1. The van der Waals surface area contributed by atoms with E-state index in [4.69, 9.17) is 0 Å². The minimum absolute atomic E-state index is 0.126. The van der Waals surface area contributed by atoms with Crippen LogP contribution in [0.5, 0.6) is 0 Å². The average Bonchev–Trinajstić information content (AvgIpc) is 3.23. The Kier molecular flexibility index (Phi) is 5.90. The van der Waals surface area contributed by atoms with Gasteiger partial charge in [0.1, 0.15) is 0 Å². The molecule has 4 rings (SSSR count). The van der Waals surface area contributed by atoms with Gasteiger partial charge in [0.05, 0.1) is 5.69 Å². The molecule has 3 aromatic carbocycles. The van der Waals surface area contributed by atoms with Gasteiger partial charge in [0.15, 0.2) is 0 Å². The highest BCUT2D eigenvalue weighted by Gasteiger charge is 2.12. The number of tetrazole rings is 1. The summed E-state index contributed by atoms with van der Waals surface area (Å²) in [4.78, 5) is 12.4. The van der Waals surface area contributed by atoms with E-state index in [2.05, 4.69) is 40.8 Å². The zero-order valence-electron chi connectivity index (χ0n) is 16.7. The van der Waals surface area contributed by atoms with Crippen molar-refractivity contribution in [2.24, 2.45) is 0 Å². The first-order valence-corrected chi connectivity index (χ1v) is 10.5. The molecule has 0 bridgehead atoms. The molecule has 0 saturated carbocycles. The molecule has 1 N–H and O–H groups in total. The van der Waals surface area contributed by atoms with Crippen molar-refractivity contribution in [1.29, 1.82) is 0 Å². The van der Waals surface area contributed by atoms with E-state index in [1.165, 1.54) is 5.56 Å². The molecule has 1 amide bonds. The molecule has 0 aliphatic heterocycles. The summed E-state index contributed by atoms with van der Waals surface area (Å²) in [5, 5.41) is 15.8. The monoisotopic (exact) mass is 415 g/mol. The van der Waals surface area contributed by atoms with Gasteiger partial charge >= 0.3 is 0 Å². The summed E-state index contributed by atoms with van der Waals surface area (Å²) >= 11 is 1.56. The largest absolute Gasteiger partial charge is 0.322 e.